The summed E-state index contributed by atoms with van der Waals surface area (Å²) < 4.78 is 107. The van der Waals surface area contributed by atoms with Crippen molar-refractivity contribution in [3.05, 3.63) is 45.9 Å². The number of hydrogen-bond donors (Lipinski definition) is 1. The zero-order chi connectivity index (χ0) is 23.1. The van der Waals surface area contributed by atoms with Gasteiger partial charge in [0, 0.05) is 10.0 Å². The molecule has 0 radical (unpaired) electrons. The highest BCUT2D eigenvalue weighted by molar-refractivity contribution is 9.10. The van der Waals surface area contributed by atoms with Crippen LogP contribution < -0.4 is 10.5 Å². The quantitative estimate of drug-likeness (QED) is 0.567. The fraction of sp³-hybridized carbons (Fsp3) is 0.235. The Bertz CT molecular complexity index is 1100. The molecule has 30 heavy (non-hydrogen) atoms. The van der Waals surface area contributed by atoms with Gasteiger partial charge in [-0.3, -0.25) is 4.79 Å². The molecule has 2 aromatic rings. The molecule has 1 amide bonds. The Balaban J connectivity index is 2.96. The molecule has 2 rings (SSSR count). The van der Waals surface area contributed by atoms with Gasteiger partial charge in [0.25, 0.3) is 0 Å². The molecule has 0 unspecified atom stereocenters. The smallest absolute Gasteiger partial charge is 0.406 e. The number of ether oxygens (including phenoxy) is 1. The number of carbonyl (C=O) groups is 1. The molecule has 2 N–H and O–H groups in total. The molecular weight excluding hydrogens is 508 g/mol. The van der Waals surface area contributed by atoms with Crippen LogP contribution in [0.25, 0.3) is 11.1 Å². The zero-order valence-corrected chi connectivity index (χ0v) is 17.3. The molecule has 0 aliphatic heterocycles. The predicted octanol–water partition coefficient (Wildman–Crippen LogP) is 4.93. The van der Waals surface area contributed by atoms with Crippen molar-refractivity contribution in [1.82, 2.24) is 0 Å². The third-order valence-corrected chi connectivity index (χ3v) is 6.33. The molecule has 5 nitrogen and oxygen atoms in total. The second-order valence-corrected chi connectivity index (χ2v) is 8.89. The highest BCUT2D eigenvalue weighted by atomic mass is 79.9. The van der Waals surface area contributed by atoms with Crippen molar-refractivity contribution in [3.8, 4) is 16.9 Å². The standard InChI is InChI=1S/C17H12BrF6NO4S/c1-2-30(27,28)14-10(15(25)26)5-6-11(16(19,20)21)13(14)9-4-3-8(7-12(9)18)29-17(22,23)24/h3-7H,2H2,1H3,(H2,25,26). The third kappa shape index (κ3) is 5.06. The maximum atomic E-state index is 13.7. The van der Waals surface area contributed by atoms with Gasteiger partial charge in [-0.15, -0.1) is 13.2 Å². The van der Waals surface area contributed by atoms with Crippen LogP contribution in [-0.2, 0) is 16.0 Å². The van der Waals surface area contributed by atoms with Crippen molar-refractivity contribution in [2.45, 2.75) is 24.4 Å². The highest BCUT2D eigenvalue weighted by Gasteiger charge is 2.39. The largest absolute Gasteiger partial charge is 0.573 e. The van der Waals surface area contributed by atoms with E-state index in [9.17, 15) is 39.6 Å². The Morgan fingerprint density at radius 2 is 1.70 bits per heavy atom. The predicted molar refractivity (Wildman–Crippen MR) is 97.5 cm³/mol. The van der Waals surface area contributed by atoms with E-state index in [0.717, 1.165) is 19.1 Å². The summed E-state index contributed by atoms with van der Waals surface area (Å²) in [5.41, 5.74) is 1.74. The number of amides is 1. The summed E-state index contributed by atoms with van der Waals surface area (Å²) in [5.74, 6) is -2.70. The molecule has 0 atom stereocenters. The summed E-state index contributed by atoms with van der Waals surface area (Å²) in [6, 6.07) is 3.38. The van der Waals surface area contributed by atoms with E-state index in [0.29, 0.717) is 18.2 Å². The SMILES string of the molecule is CCS(=O)(=O)c1c(C(N)=O)ccc(C(F)(F)F)c1-c1ccc(OC(F)(F)F)cc1Br. The Hall–Kier alpha value is -2.28. The topological polar surface area (TPSA) is 86.5 Å². The van der Waals surface area contributed by atoms with Gasteiger partial charge in [-0.2, -0.15) is 13.2 Å². The molecule has 2 aromatic carbocycles. The Labute approximate surface area is 174 Å². The number of primary amides is 1. The van der Waals surface area contributed by atoms with Gasteiger partial charge < -0.3 is 10.5 Å². The molecule has 13 heteroatoms. The van der Waals surface area contributed by atoms with Crippen molar-refractivity contribution in [2.24, 2.45) is 5.73 Å². The summed E-state index contributed by atoms with van der Waals surface area (Å²) in [6.07, 6.45) is -10.1. The van der Waals surface area contributed by atoms with Crippen LogP contribution in [0.15, 0.2) is 39.7 Å². The van der Waals surface area contributed by atoms with Crippen LogP contribution in [-0.4, -0.2) is 26.4 Å². The Kier molecular flexibility index (Phi) is 6.48. The lowest BCUT2D eigenvalue weighted by Crippen LogP contribution is -2.21. The van der Waals surface area contributed by atoms with Crippen molar-refractivity contribution in [2.75, 3.05) is 5.75 Å². The second kappa shape index (κ2) is 8.10. The maximum absolute atomic E-state index is 13.7. The average molecular weight is 520 g/mol. The number of carbonyl (C=O) groups excluding carboxylic acids is 1. The van der Waals surface area contributed by atoms with Gasteiger partial charge in [0.1, 0.15) is 5.75 Å². The number of nitrogens with two attached hydrogens (primary N) is 1. The van der Waals surface area contributed by atoms with Crippen molar-refractivity contribution < 1.29 is 44.3 Å². The van der Waals surface area contributed by atoms with E-state index in [1.165, 1.54) is 0 Å². The van der Waals surface area contributed by atoms with Crippen LogP contribution >= 0.6 is 15.9 Å². The fourth-order valence-electron chi connectivity index (χ4n) is 2.64. The van der Waals surface area contributed by atoms with Gasteiger partial charge in [-0.1, -0.05) is 22.9 Å². The molecule has 0 bridgehead atoms. The van der Waals surface area contributed by atoms with E-state index < -0.39 is 66.9 Å². The van der Waals surface area contributed by atoms with Crippen LogP contribution in [0, 0.1) is 0 Å². The van der Waals surface area contributed by atoms with E-state index in [1.807, 2.05) is 0 Å². The molecule has 0 saturated carbocycles. The van der Waals surface area contributed by atoms with Gasteiger partial charge >= 0.3 is 12.5 Å². The average Bonchev–Trinajstić information content (AvgIpc) is 2.58. The molecule has 0 saturated heterocycles. The van der Waals surface area contributed by atoms with Crippen molar-refractivity contribution in [3.63, 3.8) is 0 Å². The zero-order valence-electron chi connectivity index (χ0n) is 14.9. The molecule has 0 heterocycles. The molecule has 0 fully saturated rings. The lowest BCUT2D eigenvalue weighted by molar-refractivity contribution is -0.274. The van der Waals surface area contributed by atoms with Gasteiger partial charge in [0.05, 0.1) is 21.8 Å². The number of sulfone groups is 1. The van der Waals surface area contributed by atoms with Gasteiger partial charge in [0.15, 0.2) is 9.84 Å². The molecular formula is C17H12BrF6NO4S. The normalized spacial score (nSPS) is 12.7. The van der Waals surface area contributed by atoms with Gasteiger partial charge in [0.2, 0.25) is 5.91 Å². The molecule has 0 aliphatic rings. The number of halogens is 7. The number of rotatable bonds is 5. The summed E-state index contributed by atoms with van der Waals surface area (Å²) in [4.78, 5) is 10.8. The summed E-state index contributed by atoms with van der Waals surface area (Å²) in [5, 5.41) is 0. The van der Waals surface area contributed by atoms with E-state index in [-0.39, 0.29) is 4.47 Å². The molecule has 0 aromatic heterocycles. The lowest BCUT2D eigenvalue weighted by atomic mass is 9.96. The third-order valence-electron chi connectivity index (χ3n) is 3.86. The first-order chi connectivity index (χ1) is 13.6. The van der Waals surface area contributed by atoms with Crippen LogP contribution in [0.4, 0.5) is 26.3 Å². The van der Waals surface area contributed by atoms with Crippen LogP contribution in [0.1, 0.15) is 22.8 Å². The second-order valence-electron chi connectivity index (χ2n) is 5.82. The molecule has 0 aliphatic carbocycles. The van der Waals surface area contributed by atoms with Crippen molar-refractivity contribution >= 4 is 31.7 Å². The van der Waals surface area contributed by atoms with E-state index >= 15 is 0 Å². The van der Waals surface area contributed by atoms with Crippen molar-refractivity contribution in [1.29, 1.82) is 0 Å². The first kappa shape index (κ1) is 24.0. The fourth-order valence-corrected chi connectivity index (χ4v) is 4.52. The van der Waals surface area contributed by atoms with Gasteiger partial charge in [-0.05, 0) is 35.9 Å². The number of hydrogen-bond acceptors (Lipinski definition) is 4. The monoisotopic (exact) mass is 519 g/mol. The highest BCUT2D eigenvalue weighted by Crippen LogP contribution is 2.45. The Morgan fingerprint density at radius 1 is 1.10 bits per heavy atom. The van der Waals surface area contributed by atoms with E-state index in [1.54, 1.807) is 0 Å². The van der Waals surface area contributed by atoms with Gasteiger partial charge in [-0.25, -0.2) is 8.42 Å². The summed E-state index contributed by atoms with van der Waals surface area (Å²) >= 11 is 2.85. The summed E-state index contributed by atoms with van der Waals surface area (Å²) in [7, 11) is -4.42. The number of alkyl halides is 6. The molecule has 0 spiro atoms. The first-order valence-electron chi connectivity index (χ1n) is 7.91. The number of benzene rings is 2. The van der Waals surface area contributed by atoms with Crippen LogP contribution in [0.5, 0.6) is 5.75 Å². The molecule has 164 valence electrons. The van der Waals surface area contributed by atoms with E-state index in [4.69, 9.17) is 5.73 Å². The van der Waals surface area contributed by atoms with E-state index in [2.05, 4.69) is 20.7 Å². The van der Waals surface area contributed by atoms with Crippen LogP contribution in [0.3, 0.4) is 0 Å². The minimum atomic E-state index is -5.05. The lowest BCUT2D eigenvalue weighted by Gasteiger charge is -2.20. The minimum Gasteiger partial charge on any atom is -0.406 e. The minimum absolute atomic E-state index is 0.330. The maximum Gasteiger partial charge on any atom is 0.573 e. The Morgan fingerprint density at radius 3 is 2.13 bits per heavy atom. The van der Waals surface area contributed by atoms with Crippen LogP contribution in [0.2, 0.25) is 0 Å². The first-order valence-corrected chi connectivity index (χ1v) is 10.4. The summed E-state index contributed by atoms with van der Waals surface area (Å²) in [6.45, 7) is 1.15.